The fourth-order valence-electron chi connectivity index (χ4n) is 3.10. The quantitative estimate of drug-likeness (QED) is 0.496. The van der Waals surface area contributed by atoms with Crippen LogP contribution in [-0.2, 0) is 15.8 Å². The Bertz CT molecular complexity index is 1130. The highest BCUT2D eigenvalue weighted by molar-refractivity contribution is 9.10. The van der Waals surface area contributed by atoms with Crippen LogP contribution in [0.15, 0.2) is 57.5 Å². The Morgan fingerprint density at radius 1 is 1.28 bits per heavy atom. The van der Waals surface area contributed by atoms with E-state index >= 15 is 0 Å². The number of benzene rings is 2. The predicted octanol–water partition coefficient (Wildman–Crippen LogP) is 5.83. The summed E-state index contributed by atoms with van der Waals surface area (Å²) in [4.78, 5) is 24.5. The smallest absolute Gasteiger partial charge is 0.325 e. The Morgan fingerprint density at radius 2 is 1.97 bits per heavy atom. The van der Waals surface area contributed by atoms with Crippen LogP contribution in [0.25, 0.3) is 0 Å². The molecule has 1 aliphatic rings. The molecule has 0 fully saturated rings. The van der Waals surface area contributed by atoms with E-state index in [0.29, 0.717) is 10.6 Å². The highest BCUT2D eigenvalue weighted by Gasteiger charge is 2.34. The van der Waals surface area contributed by atoms with Gasteiger partial charge in [-0.05, 0) is 35.9 Å². The van der Waals surface area contributed by atoms with E-state index in [-0.39, 0.29) is 38.8 Å². The van der Waals surface area contributed by atoms with E-state index < -0.39 is 23.6 Å². The molecule has 3 rings (SSSR count). The maximum Gasteiger partial charge on any atom is 0.418 e. The molecule has 0 radical (unpaired) electrons. The van der Waals surface area contributed by atoms with Crippen LogP contribution in [0.5, 0.6) is 0 Å². The molecule has 0 saturated carbocycles. The lowest BCUT2D eigenvalue weighted by Gasteiger charge is -2.25. The molecule has 32 heavy (non-hydrogen) atoms. The summed E-state index contributed by atoms with van der Waals surface area (Å²) < 4.78 is 40.0. The van der Waals surface area contributed by atoms with Gasteiger partial charge in [-0.2, -0.15) is 18.4 Å². The van der Waals surface area contributed by atoms with Gasteiger partial charge in [-0.3, -0.25) is 9.59 Å². The molecular weight excluding hydrogens is 531 g/mol. The molecule has 2 amide bonds. The van der Waals surface area contributed by atoms with Crippen molar-refractivity contribution in [1.29, 1.82) is 5.26 Å². The molecule has 0 spiro atoms. The molecule has 0 unspecified atom stereocenters. The average Bonchev–Trinajstić information content (AvgIpc) is 2.73. The largest absolute Gasteiger partial charge is 0.418 e. The first-order valence-corrected chi connectivity index (χ1v) is 11.2. The minimum Gasteiger partial charge on any atom is -0.325 e. The molecule has 2 aromatic carbocycles. The number of nitriles is 1. The monoisotopic (exact) mass is 543 g/mol. The molecule has 1 heterocycles. The fourth-order valence-corrected chi connectivity index (χ4v) is 4.46. The van der Waals surface area contributed by atoms with E-state index in [4.69, 9.17) is 11.6 Å². The third-order valence-corrected chi connectivity index (χ3v) is 6.30. The Kier molecular flexibility index (Phi) is 7.54. The summed E-state index contributed by atoms with van der Waals surface area (Å²) in [5.74, 6) is -1.86. The molecule has 2 N–H and O–H groups in total. The maximum atomic E-state index is 13.2. The number of hydrogen-bond donors (Lipinski definition) is 2. The number of anilines is 1. The minimum atomic E-state index is -4.65. The van der Waals surface area contributed by atoms with E-state index in [1.165, 1.54) is 6.07 Å². The first kappa shape index (κ1) is 24.2. The van der Waals surface area contributed by atoms with Crippen molar-refractivity contribution in [3.63, 3.8) is 0 Å². The standard InChI is InChI=1S/C21H14BrClF3N3O2S/c22-12-3-6-17(16(7-12)21(24,25)26)28-19(31)10-32-20-15(9-27)14(8-18(30)29-20)11-1-4-13(23)5-2-11/h1-7,14H,8,10H2,(H,28,31)(H,29,30)/t14-/m1/s1. The fraction of sp³-hybridized carbons (Fsp3) is 0.190. The summed E-state index contributed by atoms with van der Waals surface area (Å²) in [6, 6.07) is 12.2. The lowest BCUT2D eigenvalue weighted by Crippen LogP contribution is -2.31. The van der Waals surface area contributed by atoms with Crippen LogP contribution in [0.1, 0.15) is 23.5 Å². The van der Waals surface area contributed by atoms with Gasteiger partial charge in [0.1, 0.15) is 0 Å². The van der Waals surface area contributed by atoms with E-state index in [0.717, 1.165) is 23.9 Å². The van der Waals surface area contributed by atoms with Gasteiger partial charge in [-0.25, -0.2) is 0 Å². The third-order valence-electron chi connectivity index (χ3n) is 4.54. The van der Waals surface area contributed by atoms with Gasteiger partial charge in [0.25, 0.3) is 0 Å². The number of carbonyl (C=O) groups excluding carboxylic acids is 2. The average molecular weight is 545 g/mol. The van der Waals surface area contributed by atoms with E-state index in [1.54, 1.807) is 24.3 Å². The highest BCUT2D eigenvalue weighted by atomic mass is 79.9. The molecule has 11 heteroatoms. The van der Waals surface area contributed by atoms with Gasteiger partial charge in [-0.15, -0.1) is 0 Å². The molecular formula is C21H14BrClF3N3O2S. The number of nitrogens with zero attached hydrogens (tertiary/aromatic N) is 1. The van der Waals surface area contributed by atoms with Gasteiger partial charge in [0, 0.05) is 21.8 Å². The zero-order chi connectivity index (χ0) is 23.5. The van der Waals surface area contributed by atoms with Crippen LogP contribution in [0, 0.1) is 11.3 Å². The molecule has 0 bridgehead atoms. The van der Waals surface area contributed by atoms with Crippen molar-refractivity contribution in [3.05, 3.63) is 73.7 Å². The third kappa shape index (κ3) is 5.85. The molecule has 0 aliphatic carbocycles. The number of amides is 2. The van der Waals surface area contributed by atoms with Gasteiger partial charge in [0.2, 0.25) is 11.8 Å². The van der Waals surface area contributed by atoms with E-state index in [1.807, 2.05) is 0 Å². The Hall–Kier alpha value is -2.48. The number of thioether (sulfide) groups is 1. The lowest BCUT2D eigenvalue weighted by atomic mass is 9.87. The van der Waals surface area contributed by atoms with Crippen LogP contribution in [-0.4, -0.2) is 17.6 Å². The van der Waals surface area contributed by atoms with Crippen molar-refractivity contribution in [2.45, 2.75) is 18.5 Å². The molecule has 5 nitrogen and oxygen atoms in total. The summed E-state index contributed by atoms with van der Waals surface area (Å²) in [6.07, 6.45) is -4.60. The van der Waals surface area contributed by atoms with Crippen molar-refractivity contribution < 1.29 is 22.8 Å². The van der Waals surface area contributed by atoms with Gasteiger partial charge in [0.15, 0.2) is 0 Å². The second kappa shape index (κ2) is 9.98. The lowest BCUT2D eigenvalue weighted by molar-refractivity contribution is -0.137. The second-order valence-electron chi connectivity index (χ2n) is 6.74. The summed E-state index contributed by atoms with van der Waals surface area (Å²) in [5, 5.41) is 15.2. The topological polar surface area (TPSA) is 82.0 Å². The number of rotatable bonds is 5. The molecule has 1 atom stereocenters. The number of halogens is 5. The normalized spacial score (nSPS) is 16.4. The zero-order valence-electron chi connectivity index (χ0n) is 16.1. The van der Waals surface area contributed by atoms with Gasteiger partial charge < -0.3 is 10.6 Å². The van der Waals surface area contributed by atoms with Crippen LogP contribution in [0.4, 0.5) is 18.9 Å². The number of allylic oxidation sites excluding steroid dienone is 1. The number of carbonyl (C=O) groups is 2. The van der Waals surface area contributed by atoms with E-state index in [2.05, 4.69) is 32.6 Å². The van der Waals surface area contributed by atoms with Crippen LogP contribution in [0.3, 0.4) is 0 Å². The summed E-state index contributed by atoms with van der Waals surface area (Å²) in [7, 11) is 0. The number of nitrogens with one attached hydrogen (secondary N) is 2. The summed E-state index contributed by atoms with van der Waals surface area (Å²) >= 11 is 9.76. The van der Waals surface area contributed by atoms with Crippen molar-refractivity contribution >= 4 is 56.8 Å². The molecule has 2 aromatic rings. The first-order valence-electron chi connectivity index (χ1n) is 9.07. The van der Waals surface area contributed by atoms with Crippen LogP contribution in [0.2, 0.25) is 5.02 Å². The predicted molar refractivity (Wildman–Crippen MR) is 120 cm³/mol. The summed E-state index contributed by atoms with van der Waals surface area (Å²) in [5.41, 5.74) is -0.388. The van der Waals surface area contributed by atoms with Gasteiger partial charge >= 0.3 is 6.18 Å². The Labute approximate surface area is 199 Å². The molecule has 166 valence electrons. The molecule has 0 aromatic heterocycles. The molecule has 0 saturated heterocycles. The van der Waals surface area contributed by atoms with E-state index in [9.17, 15) is 28.0 Å². The Morgan fingerprint density at radius 3 is 2.59 bits per heavy atom. The SMILES string of the molecule is N#CC1=C(SCC(=O)Nc2ccc(Br)cc2C(F)(F)F)NC(=O)C[C@@H]1c1ccc(Cl)cc1. The first-order chi connectivity index (χ1) is 15.1. The number of hydrogen-bond acceptors (Lipinski definition) is 4. The van der Waals surface area contributed by atoms with Crippen molar-refractivity contribution in [2.75, 3.05) is 11.1 Å². The van der Waals surface area contributed by atoms with Crippen LogP contribution >= 0.6 is 39.3 Å². The van der Waals surface area contributed by atoms with Gasteiger partial charge in [0.05, 0.1) is 33.7 Å². The summed E-state index contributed by atoms with van der Waals surface area (Å²) in [6.45, 7) is 0. The minimum absolute atomic E-state index is 0.0502. The highest BCUT2D eigenvalue weighted by Crippen LogP contribution is 2.38. The molecule has 1 aliphatic heterocycles. The zero-order valence-corrected chi connectivity index (χ0v) is 19.3. The van der Waals surface area contributed by atoms with Crippen molar-refractivity contribution in [2.24, 2.45) is 0 Å². The maximum absolute atomic E-state index is 13.2. The second-order valence-corrected chi connectivity index (χ2v) is 9.07. The van der Waals surface area contributed by atoms with Crippen molar-refractivity contribution in [1.82, 2.24) is 5.32 Å². The van der Waals surface area contributed by atoms with Crippen molar-refractivity contribution in [3.8, 4) is 6.07 Å². The Balaban J connectivity index is 1.78. The van der Waals surface area contributed by atoms with Crippen LogP contribution < -0.4 is 10.6 Å². The number of alkyl halides is 3. The van der Waals surface area contributed by atoms with Gasteiger partial charge in [-0.1, -0.05) is 51.4 Å².